The summed E-state index contributed by atoms with van der Waals surface area (Å²) in [4.78, 5) is 37.9. The van der Waals surface area contributed by atoms with Crippen LogP contribution in [-0.4, -0.2) is 42.4 Å². The molecule has 0 aliphatic carbocycles. The predicted octanol–water partition coefficient (Wildman–Crippen LogP) is 2.68. The van der Waals surface area contributed by atoms with Crippen LogP contribution in [0.5, 0.6) is 0 Å². The number of amides is 4. The Bertz CT molecular complexity index is 817. The molecule has 3 N–H and O–H groups in total. The number of nitrogens with one attached hydrogen (secondary N) is 3. The van der Waals surface area contributed by atoms with Gasteiger partial charge in [0.15, 0.2) is 0 Å². The summed E-state index contributed by atoms with van der Waals surface area (Å²) in [7, 11) is 0. The number of hydrogen-bond donors (Lipinski definition) is 3. The zero-order chi connectivity index (χ0) is 19.1. The minimum atomic E-state index is -0.464. The lowest BCUT2D eigenvalue weighted by Gasteiger charge is -2.15. The summed E-state index contributed by atoms with van der Waals surface area (Å²) in [5.74, 6) is -0.306. The molecule has 140 valence electrons. The third kappa shape index (κ3) is 5.31. The van der Waals surface area contributed by atoms with Gasteiger partial charge in [-0.25, -0.2) is 4.79 Å². The molecule has 0 saturated carbocycles. The van der Waals surface area contributed by atoms with Gasteiger partial charge in [0.2, 0.25) is 5.91 Å². The van der Waals surface area contributed by atoms with Crippen LogP contribution >= 0.6 is 0 Å². The smallest absolute Gasteiger partial charge is 0.319 e. The lowest BCUT2D eigenvalue weighted by Crippen LogP contribution is -2.40. The van der Waals surface area contributed by atoms with Crippen LogP contribution in [0.25, 0.3) is 0 Å². The fraction of sp³-hybridized carbons (Fsp3) is 0.250. The Morgan fingerprint density at radius 2 is 1.52 bits per heavy atom. The molecule has 0 aromatic heterocycles. The molecular formula is C20H22N4O3. The summed E-state index contributed by atoms with van der Waals surface area (Å²) in [6, 6.07) is 15.2. The first-order valence-corrected chi connectivity index (χ1v) is 8.91. The molecule has 0 bridgehead atoms. The lowest BCUT2D eigenvalue weighted by atomic mass is 10.2. The van der Waals surface area contributed by atoms with Crippen LogP contribution in [0, 0.1) is 0 Å². The minimum Gasteiger partial charge on any atom is -0.341 e. The van der Waals surface area contributed by atoms with Gasteiger partial charge in [0.1, 0.15) is 0 Å². The molecule has 0 atom stereocenters. The summed E-state index contributed by atoms with van der Waals surface area (Å²) >= 11 is 0. The molecule has 1 fully saturated rings. The SMILES string of the molecule is O=C(NCC(=O)N1CCCC1)Nc1cccc(NC(=O)c2ccccc2)c1. The van der Waals surface area contributed by atoms with E-state index in [2.05, 4.69) is 16.0 Å². The molecule has 0 radical (unpaired) electrons. The van der Waals surface area contributed by atoms with Crippen molar-refractivity contribution in [1.82, 2.24) is 10.2 Å². The van der Waals surface area contributed by atoms with Crippen molar-refractivity contribution >= 4 is 29.2 Å². The van der Waals surface area contributed by atoms with Crippen molar-refractivity contribution in [2.24, 2.45) is 0 Å². The molecule has 2 aromatic carbocycles. The van der Waals surface area contributed by atoms with Gasteiger partial charge in [-0.2, -0.15) is 0 Å². The van der Waals surface area contributed by atoms with Crippen molar-refractivity contribution in [3.63, 3.8) is 0 Å². The number of anilines is 2. The van der Waals surface area contributed by atoms with Crippen LogP contribution < -0.4 is 16.0 Å². The summed E-state index contributed by atoms with van der Waals surface area (Å²) in [5, 5.41) is 8.02. The van der Waals surface area contributed by atoms with E-state index in [1.54, 1.807) is 53.4 Å². The average Bonchev–Trinajstić information content (AvgIpc) is 3.22. The molecule has 27 heavy (non-hydrogen) atoms. The first kappa shape index (κ1) is 18.4. The molecule has 0 unspecified atom stereocenters. The van der Waals surface area contributed by atoms with E-state index in [9.17, 15) is 14.4 Å². The molecule has 1 aliphatic heterocycles. The molecule has 1 heterocycles. The van der Waals surface area contributed by atoms with E-state index < -0.39 is 6.03 Å². The lowest BCUT2D eigenvalue weighted by molar-refractivity contribution is -0.128. The molecule has 1 saturated heterocycles. The van der Waals surface area contributed by atoms with Gasteiger partial charge in [-0.3, -0.25) is 9.59 Å². The van der Waals surface area contributed by atoms with Crippen molar-refractivity contribution in [1.29, 1.82) is 0 Å². The zero-order valence-corrected chi connectivity index (χ0v) is 14.9. The van der Waals surface area contributed by atoms with Crippen LogP contribution in [0.3, 0.4) is 0 Å². The molecule has 2 aromatic rings. The van der Waals surface area contributed by atoms with Gasteiger partial charge in [-0.15, -0.1) is 0 Å². The topological polar surface area (TPSA) is 90.5 Å². The second-order valence-electron chi connectivity index (χ2n) is 6.30. The number of rotatable bonds is 5. The zero-order valence-electron chi connectivity index (χ0n) is 14.9. The van der Waals surface area contributed by atoms with E-state index in [0.717, 1.165) is 25.9 Å². The van der Waals surface area contributed by atoms with Gasteiger partial charge < -0.3 is 20.9 Å². The van der Waals surface area contributed by atoms with Crippen LogP contribution in [-0.2, 0) is 4.79 Å². The third-order valence-corrected chi connectivity index (χ3v) is 4.27. The fourth-order valence-electron chi connectivity index (χ4n) is 2.88. The Morgan fingerprint density at radius 1 is 0.852 bits per heavy atom. The van der Waals surface area contributed by atoms with Crippen molar-refractivity contribution < 1.29 is 14.4 Å². The summed E-state index contributed by atoms with van der Waals surface area (Å²) in [6.07, 6.45) is 2.03. The van der Waals surface area contributed by atoms with Crippen molar-refractivity contribution in [3.8, 4) is 0 Å². The van der Waals surface area contributed by atoms with Crippen LogP contribution in [0.15, 0.2) is 54.6 Å². The Hall–Kier alpha value is -3.35. The first-order valence-electron chi connectivity index (χ1n) is 8.91. The maximum absolute atomic E-state index is 12.2. The highest BCUT2D eigenvalue weighted by atomic mass is 16.2. The minimum absolute atomic E-state index is 0.0315. The Morgan fingerprint density at radius 3 is 2.22 bits per heavy atom. The monoisotopic (exact) mass is 366 g/mol. The highest BCUT2D eigenvalue weighted by Gasteiger charge is 2.18. The standard InChI is InChI=1S/C20H22N4O3/c25-18(24-11-4-5-12-24)14-21-20(27)23-17-10-6-9-16(13-17)22-19(26)15-7-2-1-3-8-15/h1-3,6-10,13H,4-5,11-12,14H2,(H,22,26)(H2,21,23,27). The molecule has 3 rings (SSSR count). The second kappa shape index (κ2) is 8.84. The molecule has 0 spiro atoms. The van der Waals surface area contributed by atoms with Gasteiger partial charge >= 0.3 is 6.03 Å². The second-order valence-corrected chi connectivity index (χ2v) is 6.30. The Kier molecular flexibility index (Phi) is 6.04. The van der Waals surface area contributed by atoms with Gasteiger partial charge in [0.25, 0.3) is 5.91 Å². The van der Waals surface area contributed by atoms with Gasteiger partial charge in [0, 0.05) is 30.0 Å². The summed E-state index contributed by atoms with van der Waals surface area (Å²) in [5.41, 5.74) is 1.64. The van der Waals surface area contributed by atoms with E-state index >= 15 is 0 Å². The van der Waals surface area contributed by atoms with E-state index in [0.29, 0.717) is 16.9 Å². The quantitative estimate of drug-likeness (QED) is 0.760. The number of hydrogen-bond acceptors (Lipinski definition) is 3. The Balaban J connectivity index is 1.51. The third-order valence-electron chi connectivity index (χ3n) is 4.27. The molecule has 7 nitrogen and oxygen atoms in total. The number of nitrogens with zero attached hydrogens (tertiary/aromatic N) is 1. The molecule has 4 amide bonds. The number of urea groups is 1. The first-order chi connectivity index (χ1) is 13.1. The number of likely N-dealkylation sites (tertiary alicyclic amines) is 1. The number of carbonyl (C=O) groups excluding carboxylic acids is 3. The van der Waals surface area contributed by atoms with E-state index in [4.69, 9.17) is 0 Å². The van der Waals surface area contributed by atoms with E-state index in [1.807, 2.05) is 6.07 Å². The van der Waals surface area contributed by atoms with E-state index in [1.165, 1.54) is 0 Å². The average molecular weight is 366 g/mol. The molecule has 7 heteroatoms. The molecular weight excluding hydrogens is 344 g/mol. The van der Waals surface area contributed by atoms with Crippen molar-refractivity contribution in [2.45, 2.75) is 12.8 Å². The highest BCUT2D eigenvalue weighted by molar-refractivity contribution is 6.04. The van der Waals surface area contributed by atoms with Gasteiger partial charge in [-0.05, 0) is 43.2 Å². The molecule has 1 aliphatic rings. The maximum atomic E-state index is 12.2. The normalized spacial score (nSPS) is 13.1. The number of carbonyl (C=O) groups is 3. The summed E-state index contributed by atoms with van der Waals surface area (Å²) < 4.78 is 0. The highest BCUT2D eigenvalue weighted by Crippen LogP contribution is 2.16. The largest absolute Gasteiger partial charge is 0.341 e. The van der Waals surface area contributed by atoms with Crippen molar-refractivity contribution in [2.75, 3.05) is 30.3 Å². The van der Waals surface area contributed by atoms with Crippen LogP contribution in [0.1, 0.15) is 23.2 Å². The number of benzene rings is 2. The van der Waals surface area contributed by atoms with Crippen LogP contribution in [0.2, 0.25) is 0 Å². The fourth-order valence-corrected chi connectivity index (χ4v) is 2.88. The van der Waals surface area contributed by atoms with Gasteiger partial charge in [-0.1, -0.05) is 24.3 Å². The van der Waals surface area contributed by atoms with Crippen molar-refractivity contribution in [3.05, 3.63) is 60.2 Å². The Labute approximate surface area is 157 Å². The van der Waals surface area contributed by atoms with Gasteiger partial charge in [0.05, 0.1) is 6.54 Å². The summed E-state index contributed by atoms with van der Waals surface area (Å²) in [6.45, 7) is 1.48. The van der Waals surface area contributed by atoms with E-state index in [-0.39, 0.29) is 18.4 Å². The van der Waals surface area contributed by atoms with Crippen LogP contribution in [0.4, 0.5) is 16.2 Å². The predicted molar refractivity (Wildman–Crippen MR) is 104 cm³/mol. The maximum Gasteiger partial charge on any atom is 0.319 e.